The lowest BCUT2D eigenvalue weighted by molar-refractivity contribution is 0.0585. The molecule has 1 aromatic heterocycles. The van der Waals surface area contributed by atoms with Gasteiger partial charge in [0.05, 0.1) is 26.0 Å². The SMILES string of the molecule is COC(=O)c1c(C(F)F)ncc(OC)c1CN. The molecule has 1 aromatic rings. The molecule has 2 N–H and O–H groups in total. The highest BCUT2D eigenvalue weighted by Crippen LogP contribution is 2.29. The van der Waals surface area contributed by atoms with Crippen LogP contribution in [-0.4, -0.2) is 25.2 Å². The number of pyridine rings is 1. The molecule has 0 radical (unpaired) electrons. The minimum Gasteiger partial charge on any atom is -0.495 e. The zero-order chi connectivity index (χ0) is 13.0. The lowest BCUT2D eigenvalue weighted by Crippen LogP contribution is -2.15. The molecule has 0 saturated carbocycles. The van der Waals surface area contributed by atoms with Crippen LogP contribution in [-0.2, 0) is 11.3 Å². The third-order valence-electron chi connectivity index (χ3n) is 2.20. The van der Waals surface area contributed by atoms with Gasteiger partial charge in [-0.2, -0.15) is 0 Å². The van der Waals surface area contributed by atoms with E-state index in [-0.39, 0.29) is 23.4 Å². The van der Waals surface area contributed by atoms with Gasteiger partial charge in [-0.25, -0.2) is 13.6 Å². The summed E-state index contributed by atoms with van der Waals surface area (Å²) in [5.74, 6) is -0.732. The molecule has 1 rings (SSSR count). The van der Waals surface area contributed by atoms with Gasteiger partial charge in [-0.05, 0) is 0 Å². The van der Waals surface area contributed by atoms with Crippen molar-refractivity contribution in [3.8, 4) is 5.75 Å². The zero-order valence-electron chi connectivity index (χ0n) is 9.37. The Morgan fingerprint density at radius 1 is 1.53 bits per heavy atom. The van der Waals surface area contributed by atoms with Crippen LogP contribution >= 0.6 is 0 Å². The monoisotopic (exact) mass is 246 g/mol. The first-order chi connectivity index (χ1) is 8.06. The van der Waals surface area contributed by atoms with Crippen LogP contribution in [0.2, 0.25) is 0 Å². The summed E-state index contributed by atoms with van der Waals surface area (Å²) in [5, 5.41) is 0. The molecular weight excluding hydrogens is 234 g/mol. The lowest BCUT2D eigenvalue weighted by atomic mass is 10.1. The van der Waals surface area contributed by atoms with Gasteiger partial charge in [0.1, 0.15) is 11.4 Å². The van der Waals surface area contributed by atoms with E-state index < -0.39 is 18.1 Å². The van der Waals surface area contributed by atoms with Gasteiger partial charge in [0.2, 0.25) is 0 Å². The molecule has 0 atom stereocenters. The number of hydrogen-bond donors (Lipinski definition) is 1. The Bertz CT molecular complexity index is 424. The first-order valence-corrected chi connectivity index (χ1v) is 4.69. The maximum absolute atomic E-state index is 12.7. The molecule has 0 saturated heterocycles. The Hall–Kier alpha value is -1.76. The number of rotatable bonds is 4. The largest absolute Gasteiger partial charge is 0.495 e. The van der Waals surface area contributed by atoms with Gasteiger partial charge >= 0.3 is 5.97 Å². The van der Waals surface area contributed by atoms with Gasteiger partial charge < -0.3 is 15.2 Å². The molecule has 0 fully saturated rings. The third-order valence-corrected chi connectivity index (χ3v) is 2.20. The molecule has 0 amide bonds. The first-order valence-electron chi connectivity index (χ1n) is 4.69. The summed E-state index contributed by atoms with van der Waals surface area (Å²) in [5.41, 5.74) is 4.60. The zero-order valence-corrected chi connectivity index (χ0v) is 9.37. The molecule has 0 bridgehead atoms. The van der Waals surface area contributed by atoms with Gasteiger partial charge in [0.25, 0.3) is 6.43 Å². The number of carbonyl (C=O) groups is 1. The van der Waals surface area contributed by atoms with Crippen molar-refractivity contribution >= 4 is 5.97 Å². The van der Waals surface area contributed by atoms with Crippen molar-refractivity contribution in [1.29, 1.82) is 0 Å². The Morgan fingerprint density at radius 3 is 2.59 bits per heavy atom. The maximum atomic E-state index is 12.7. The third kappa shape index (κ3) is 2.50. The average molecular weight is 246 g/mol. The number of carbonyl (C=O) groups excluding carboxylic acids is 1. The molecule has 7 heteroatoms. The molecule has 1 heterocycles. The van der Waals surface area contributed by atoms with E-state index in [1.807, 2.05) is 0 Å². The number of halogens is 2. The highest BCUT2D eigenvalue weighted by Gasteiger charge is 2.26. The van der Waals surface area contributed by atoms with Crippen molar-refractivity contribution in [1.82, 2.24) is 4.98 Å². The number of alkyl halides is 2. The van der Waals surface area contributed by atoms with Crippen molar-refractivity contribution in [2.45, 2.75) is 13.0 Å². The summed E-state index contributed by atoms with van der Waals surface area (Å²) >= 11 is 0. The van der Waals surface area contributed by atoms with E-state index in [0.717, 1.165) is 13.3 Å². The van der Waals surface area contributed by atoms with Crippen LogP contribution in [0.3, 0.4) is 0 Å². The second-order valence-corrected chi connectivity index (χ2v) is 3.06. The molecule has 0 aliphatic carbocycles. The lowest BCUT2D eigenvalue weighted by Gasteiger charge is -2.13. The summed E-state index contributed by atoms with van der Waals surface area (Å²) < 4.78 is 34.8. The summed E-state index contributed by atoms with van der Waals surface area (Å²) in [6, 6.07) is 0. The summed E-state index contributed by atoms with van der Waals surface area (Å²) in [6.45, 7) is -0.129. The van der Waals surface area contributed by atoms with Crippen LogP contribution in [0.5, 0.6) is 5.75 Å². The fraction of sp³-hybridized carbons (Fsp3) is 0.400. The second-order valence-electron chi connectivity index (χ2n) is 3.06. The Balaban J connectivity index is 3.50. The van der Waals surface area contributed by atoms with Gasteiger partial charge in [-0.3, -0.25) is 4.98 Å². The quantitative estimate of drug-likeness (QED) is 0.810. The molecule has 17 heavy (non-hydrogen) atoms. The van der Waals surface area contributed by atoms with Crippen molar-refractivity contribution < 1.29 is 23.0 Å². The second kappa shape index (κ2) is 5.53. The van der Waals surface area contributed by atoms with Crippen LogP contribution < -0.4 is 10.5 Å². The standard InChI is InChI=1S/C10H12F2N2O3/c1-16-6-4-14-8(9(11)12)7(5(6)3-13)10(15)17-2/h4,9H,3,13H2,1-2H3. The van der Waals surface area contributed by atoms with Crippen molar-refractivity contribution in [2.24, 2.45) is 5.73 Å². The molecule has 0 aromatic carbocycles. The van der Waals surface area contributed by atoms with E-state index in [0.29, 0.717) is 0 Å². The summed E-state index contributed by atoms with van der Waals surface area (Å²) in [4.78, 5) is 15.0. The molecule has 5 nitrogen and oxygen atoms in total. The van der Waals surface area contributed by atoms with E-state index >= 15 is 0 Å². The van der Waals surface area contributed by atoms with Crippen LogP contribution in [0, 0.1) is 0 Å². The predicted molar refractivity (Wildman–Crippen MR) is 55.0 cm³/mol. The van der Waals surface area contributed by atoms with Crippen molar-refractivity contribution in [3.63, 3.8) is 0 Å². The number of methoxy groups -OCH3 is 2. The summed E-state index contributed by atoms with van der Waals surface area (Å²) in [7, 11) is 2.43. The van der Waals surface area contributed by atoms with Crippen molar-refractivity contribution in [2.75, 3.05) is 14.2 Å². The Labute approximate surface area is 96.5 Å². The van der Waals surface area contributed by atoms with E-state index in [1.54, 1.807) is 0 Å². The predicted octanol–water partition coefficient (Wildman–Crippen LogP) is 1.27. The van der Waals surface area contributed by atoms with Gasteiger partial charge in [-0.1, -0.05) is 0 Å². The fourth-order valence-corrected chi connectivity index (χ4v) is 1.42. The number of hydrogen-bond acceptors (Lipinski definition) is 5. The van der Waals surface area contributed by atoms with E-state index in [4.69, 9.17) is 10.5 Å². The molecule has 0 aliphatic rings. The smallest absolute Gasteiger partial charge is 0.340 e. The maximum Gasteiger partial charge on any atom is 0.340 e. The number of ether oxygens (including phenoxy) is 2. The number of nitrogens with zero attached hydrogens (tertiary/aromatic N) is 1. The van der Waals surface area contributed by atoms with Gasteiger partial charge in [0.15, 0.2) is 0 Å². The normalized spacial score (nSPS) is 10.5. The number of esters is 1. The van der Waals surface area contributed by atoms with Crippen LogP contribution in [0.15, 0.2) is 6.20 Å². The fourth-order valence-electron chi connectivity index (χ4n) is 1.42. The first kappa shape index (κ1) is 13.3. The number of aromatic nitrogens is 1. The molecular formula is C10H12F2N2O3. The van der Waals surface area contributed by atoms with Crippen LogP contribution in [0.25, 0.3) is 0 Å². The molecule has 94 valence electrons. The Kier molecular flexibility index (Phi) is 4.33. The molecule has 0 spiro atoms. The van der Waals surface area contributed by atoms with E-state index in [9.17, 15) is 13.6 Å². The minimum atomic E-state index is -2.89. The topological polar surface area (TPSA) is 74.4 Å². The van der Waals surface area contributed by atoms with Crippen molar-refractivity contribution in [3.05, 3.63) is 23.0 Å². The molecule has 0 unspecified atom stereocenters. The summed E-state index contributed by atoms with van der Waals surface area (Å²) in [6.07, 6.45) is -1.78. The average Bonchev–Trinajstić information content (AvgIpc) is 2.35. The van der Waals surface area contributed by atoms with Gasteiger partial charge in [0, 0.05) is 12.1 Å². The minimum absolute atomic E-state index is 0.129. The highest BCUT2D eigenvalue weighted by atomic mass is 19.3. The van der Waals surface area contributed by atoms with E-state index in [2.05, 4.69) is 9.72 Å². The number of nitrogens with two attached hydrogens (primary N) is 1. The van der Waals surface area contributed by atoms with Crippen LogP contribution in [0.4, 0.5) is 8.78 Å². The molecule has 0 aliphatic heterocycles. The highest BCUT2D eigenvalue weighted by molar-refractivity contribution is 5.93. The van der Waals surface area contributed by atoms with E-state index in [1.165, 1.54) is 7.11 Å². The van der Waals surface area contributed by atoms with Crippen LogP contribution in [0.1, 0.15) is 28.0 Å². The van der Waals surface area contributed by atoms with Gasteiger partial charge in [-0.15, -0.1) is 0 Å². The Morgan fingerprint density at radius 2 is 2.18 bits per heavy atom.